The predicted octanol–water partition coefficient (Wildman–Crippen LogP) is 4.41. The van der Waals surface area contributed by atoms with Gasteiger partial charge in [0.2, 0.25) is 0 Å². The van der Waals surface area contributed by atoms with Crippen LogP contribution in [0.25, 0.3) is 0 Å². The summed E-state index contributed by atoms with van der Waals surface area (Å²) >= 11 is 7.38. The molecule has 0 spiro atoms. The average molecular weight is 358 g/mol. The van der Waals surface area contributed by atoms with E-state index in [0.29, 0.717) is 17.1 Å². The number of aliphatic hydroxyl groups excluding tert-OH is 1. The Morgan fingerprint density at radius 2 is 1.88 bits per heavy atom. The maximum Gasteiger partial charge on any atom is 0.251 e. The molecule has 1 heterocycles. The quantitative estimate of drug-likeness (QED) is 0.710. The highest BCUT2D eigenvalue weighted by molar-refractivity contribution is 7.12. The van der Waals surface area contributed by atoms with Crippen LogP contribution in [0.2, 0.25) is 5.02 Å². The second-order valence-electron chi connectivity index (χ2n) is 5.31. The number of amides is 1. The molecule has 24 heavy (non-hydrogen) atoms. The Morgan fingerprint density at radius 3 is 2.62 bits per heavy atom. The summed E-state index contributed by atoms with van der Waals surface area (Å²) in [6.07, 6.45) is -0.645. The van der Waals surface area contributed by atoms with E-state index in [0.717, 1.165) is 15.3 Å². The summed E-state index contributed by atoms with van der Waals surface area (Å²) < 4.78 is 0. The third-order valence-corrected chi connectivity index (χ3v) is 4.95. The molecule has 0 bridgehead atoms. The molecule has 2 aromatic carbocycles. The van der Waals surface area contributed by atoms with E-state index < -0.39 is 6.10 Å². The van der Waals surface area contributed by atoms with Crippen molar-refractivity contribution in [2.75, 3.05) is 0 Å². The summed E-state index contributed by atoms with van der Waals surface area (Å²) in [6, 6.07) is 20.2. The smallest absolute Gasteiger partial charge is 0.251 e. The lowest BCUT2D eigenvalue weighted by atomic mass is 10.1. The first-order chi connectivity index (χ1) is 11.6. The van der Waals surface area contributed by atoms with Gasteiger partial charge in [0.15, 0.2) is 0 Å². The van der Waals surface area contributed by atoms with E-state index in [1.54, 1.807) is 24.3 Å². The topological polar surface area (TPSA) is 49.3 Å². The summed E-state index contributed by atoms with van der Waals surface area (Å²) in [6.45, 7) is 0.414. The zero-order valence-corrected chi connectivity index (χ0v) is 14.3. The lowest BCUT2D eigenvalue weighted by Crippen LogP contribution is -2.22. The summed E-state index contributed by atoms with van der Waals surface area (Å²) in [7, 11) is 0. The average Bonchev–Trinajstić information content (AvgIpc) is 3.09. The lowest BCUT2D eigenvalue weighted by molar-refractivity contribution is 0.0951. The van der Waals surface area contributed by atoms with E-state index in [9.17, 15) is 9.90 Å². The molecule has 1 atom stereocenters. The molecule has 0 aliphatic rings. The van der Waals surface area contributed by atoms with E-state index in [1.165, 1.54) is 11.3 Å². The Labute approximate surface area is 149 Å². The number of hydrogen-bond donors (Lipinski definition) is 2. The zero-order valence-electron chi connectivity index (χ0n) is 12.8. The first kappa shape index (κ1) is 16.7. The monoisotopic (exact) mass is 357 g/mol. The maximum absolute atomic E-state index is 12.1. The van der Waals surface area contributed by atoms with Gasteiger partial charge >= 0.3 is 0 Å². The fourth-order valence-corrected chi connectivity index (χ4v) is 3.49. The van der Waals surface area contributed by atoms with Crippen LogP contribution in [0.3, 0.4) is 0 Å². The lowest BCUT2D eigenvalue weighted by Gasteiger charge is -2.08. The van der Waals surface area contributed by atoms with Crippen molar-refractivity contribution in [2.24, 2.45) is 0 Å². The first-order valence-electron chi connectivity index (χ1n) is 7.49. The highest BCUT2D eigenvalue weighted by atomic mass is 35.5. The van der Waals surface area contributed by atoms with Gasteiger partial charge in [0.1, 0.15) is 6.10 Å². The Hall–Kier alpha value is -2.14. The summed E-state index contributed by atoms with van der Waals surface area (Å²) in [5.41, 5.74) is 1.39. The van der Waals surface area contributed by atoms with Gasteiger partial charge in [-0.25, -0.2) is 0 Å². The molecule has 1 aromatic heterocycles. The van der Waals surface area contributed by atoms with Crippen LogP contribution in [0.5, 0.6) is 0 Å². The van der Waals surface area contributed by atoms with Crippen molar-refractivity contribution in [1.29, 1.82) is 0 Å². The van der Waals surface area contributed by atoms with E-state index in [-0.39, 0.29) is 5.91 Å². The minimum atomic E-state index is -0.645. The van der Waals surface area contributed by atoms with Crippen LogP contribution in [-0.2, 0) is 6.54 Å². The number of carbonyl (C=O) groups is 1. The highest BCUT2D eigenvalue weighted by Crippen LogP contribution is 2.28. The number of nitrogens with one attached hydrogen (secondary N) is 1. The third kappa shape index (κ3) is 4.03. The van der Waals surface area contributed by atoms with E-state index in [4.69, 9.17) is 11.6 Å². The van der Waals surface area contributed by atoms with Gasteiger partial charge in [0, 0.05) is 20.3 Å². The number of carbonyl (C=O) groups excluding carboxylic acids is 1. The van der Waals surface area contributed by atoms with Crippen molar-refractivity contribution in [3.05, 3.63) is 92.6 Å². The Morgan fingerprint density at radius 1 is 1.08 bits per heavy atom. The number of thiophene rings is 1. The molecule has 0 saturated carbocycles. The van der Waals surface area contributed by atoms with Crippen LogP contribution in [0.15, 0.2) is 66.7 Å². The van der Waals surface area contributed by atoms with Gasteiger partial charge in [-0.2, -0.15) is 0 Å². The van der Waals surface area contributed by atoms with Crippen LogP contribution in [0.4, 0.5) is 0 Å². The molecule has 3 aromatic rings. The molecule has 0 aliphatic heterocycles. The minimum absolute atomic E-state index is 0.170. The molecule has 122 valence electrons. The third-order valence-electron chi connectivity index (χ3n) is 3.58. The maximum atomic E-state index is 12.1. The van der Waals surface area contributed by atoms with Gasteiger partial charge in [-0.3, -0.25) is 4.79 Å². The Kier molecular flexibility index (Phi) is 5.30. The van der Waals surface area contributed by atoms with E-state index in [1.807, 2.05) is 42.5 Å². The Balaban J connectivity index is 1.63. The molecule has 0 radical (unpaired) electrons. The van der Waals surface area contributed by atoms with Crippen LogP contribution in [0, 0.1) is 0 Å². The van der Waals surface area contributed by atoms with Crippen LogP contribution in [0.1, 0.15) is 31.8 Å². The fraction of sp³-hybridized carbons (Fsp3) is 0.105. The molecule has 0 aliphatic carbocycles. The molecule has 0 fully saturated rings. The first-order valence-corrected chi connectivity index (χ1v) is 8.68. The number of hydrogen-bond acceptors (Lipinski definition) is 3. The van der Waals surface area contributed by atoms with Gasteiger partial charge in [-0.05, 0) is 35.9 Å². The van der Waals surface area contributed by atoms with Crippen molar-refractivity contribution in [1.82, 2.24) is 5.32 Å². The summed E-state index contributed by atoms with van der Waals surface area (Å²) in [5, 5.41) is 13.8. The molecule has 1 amide bonds. The standard InChI is InChI=1S/C19H16ClNO2S/c20-15-8-4-7-14(11-15)19(23)21-12-16-9-10-17(24-16)18(22)13-5-2-1-3-6-13/h1-11,18,22H,12H2,(H,21,23). The normalized spacial score (nSPS) is 11.9. The van der Waals surface area contributed by atoms with E-state index >= 15 is 0 Å². The van der Waals surface area contributed by atoms with Crippen molar-refractivity contribution in [3.8, 4) is 0 Å². The van der Waals surface area contributed by atoms with Gasteiger partial charge in [0.05, 0.1) is 6.54 Å². The number of halogens is 1. The molecule has 1 unspecified atom stereocenters. The molecule has 2 N–H and O–H groups in total. The van der Waals surface area contributed by atoms with Crippen LogP contribution >= 0.6 is 22.9 Å². The number of rotatable bonds is 5. The van der Waals surface area contributed by atoms with Crippen LogP contribution in [-0.4, -0.2) is 11.0 Å². The van der Waals surface area contributed by atoms with Crippen LogP contribution < -0.4 is 5.32 Å². The van der Waals surface area contributed by atoms with Crippen molar-refractivity contribution in [2.45, 2.75) is 12.6 Å². The molecule has 3 nitrogen and oxygen atoms in total. The van der Waals surface area contributed by atoms with Crippen molar-refractivity contribution in [3.63, 3.8) is 0 Å². The predicted molar refractivity (Wildman–Crippen MR) is 97.4 cm³/mol. The highest BCUT2D eigenvalue weighted by Gasteiger charge is 2.13. The number of aliphatic hydroxyl groups is 1. The second-order valence-corrected chi connectivity index (χ2v) is 6.95. The molecular weight excluding hydrogens is 342 g/mol. The minimum Gasteiger partial charge on any atom is -0.383 e. The van der Waals surface area contributed by atoms with Crippen molar-refractivity contribution >= 4 is 28.8 Å². The molecule has 0 saturated heterocycles. The Bertz CT molecular complexity index is 832. The van der Waals surface area contributed by atoms with E-state index in [2.05, 4.69) is 5.32 Å². The van der Waals surface area contributed by atoms with Gasteiger partial charge in [-0.15, -0.1) is 11.3 Å². The zero-order chi connectivity index (χ0) is 16.9. The summed E-state index contributed by atoms with van der Waals surface area (Å²) in [5.74, 6) is -0.170. The molecule has 3 rings (SSSR count). The SMILES string of the molecule is O=C(NCc1ccc(C(O)c2ccccc2)s1)c1cccc(Cl)c1. The van der Waals surface area contributed by atoms with Gasteiger partial charge < -0.3 is 10.4 Å². The second kappa shape index (κ2) is 7.62. The largest absolute Gasteiger partial charge is 0.383 e. The van der Waals surface area contributed by atoms with Gasteiger partial charge in [-0.1, -0.05) is 48.0 Å². The molecule has 5 heteroatoms. The van der Waals surface area contributed by atoms with Crippen molar-refractivity contribution < 1.29 is 9.90 Å². The van der Waals surface area contributed by atoms with Gasteiger partial charge in [0.25, 0.3) is 5.91 Å². The fourth-order valence-electron chi connectivity index (χ4n) is 2.34. The summed E-state index contributed by atoms with van der Waals surface area (Å²) in [4.78, 5) is 14.0. The number of benzene rings is 2. The molecular formula is C19H16ClNO2S.